The Morgan fingerprint density at radius 1 is 1.32 bits per heavy atom. The van der Waals surface area contributed by atoms with E-state index in [1.54, 1.807) is 0 Å². The third kappa shape index (κ3) is 3.37. The Morgan fingerprint density at radius 3 is 2.53 bits per heavy atom. The van der Waals surface area contributed by atoms with Crippen molar-refractivity contribution in [1.29, 1.82) is 0 Å². The smallest absolute Gasteiger partial charge is 0.0948 e. The van der Waals surface area contributed by atoms with Gasteiger partial charge in [-0.25, -0.2) is 4.98 Å². The number of nitrogens with two attached hydrogens (primary N) is 1. The van der Waals surface area contributed by atoms with Gasteiger partial charge in [-0.1, -0.05) is 37.6 Å². The van der Waals surface area contributed by atoms with E-state index < -0.39 is 0 Å². The first-order chi connectivity index (χ1) is 9.03. The van der Waals surface area contributed by atoms with Crippen LogP contribution in [-0.2, 0) is 6.42 Å². The molecule has 102 valence electrons. The topological polar surface area (TPSA) is 43.8 Å². The summed E-state index contributed by atoms with van der Waals surface area (Å²) in [6.07, 6.45) is 6.58. The average molecular weight is 278 g/mol. The van der Waals surface area contributed by atoms with Gasteiger partial charge in [0.2, 0.25) is 0 Å². The van der Waals surface area contributed by atoms with E-state index in [1.165, 1.54) is 5.56 Å². The molecule has 1 aromatic carbocycles. The van der Waals surface area contributed by atoms with Gasteiger partial charge in [-0.2, -0.15) is 0 Å². The van der Waals surface area contributed by atoms with Gasteiger partial charge in [-0.3, -0.25) is 0 Å². The Kier molecular flexibility index (Phi) is 4.27. The molecule has 0 saturated heterocycles. The van der Waals surface area contributed by atoms with Crippen molar-refractivity contribution in [2.24, 2.45) is 11.1 Å². The van der Waals surface area contributed by atoms with Gasteiger partial charge in [0, 0.05) is 23.5 Å². The van der Waals surface area contributed by atoms with Gasteiger partial charge in [0.05, 0.1) is 6.33 Å². The number of benzene rings is 1. The zero-order valence-corrected chi connectivity index (χ0v) is 12.1. The minimum Gasteiger partial charge on any atom is -0.334 e. The average Bonchev–Trinajstić information content (AvgIpc) is 2.91. The maximum atomic E-state index is 5.94. The Bertz CT molecular complexity index is 503. The van der Waals surface area contributed by atoms with Crippen molar-refractivity contribution in [2.45, 2.75) is 26.3 Å². The van der Waals surface area contributed by atoms with E-state index in [4.69, 9.17) is 17.3 Å². The van der Waals surface area contributed by atoms with Gasteiger partial charge >= 0.3 is 0 Å². The predicted octanol–water partition coefficient (Wildman–Crippen LogP) is 3.31. The molecule has 19 heavy (non-hydrogen) atoms. The molecule has 1 unspecified atom stereocenters. The molecule has 0 saturated carbocycles. The fourth-order valence-corrected chi connectivity index (χ4v) is 2.34. The molecule has 1 atom stereocenters. The van der Waals surface area contributed by atoms with Gasteiger partial charge in [-0.05, 0) is 36.1 Å². The molecule has 0 fully saturated rings. The zero-order valence-electron chi connectivity index (χ0n) is 11.4. The quantitative estimate of drug-likeness (QED) is 0.911. The summed E-state index contributed by atoms with van der Waals surface area (Å²) in [6, 6.07) is 8.27. The van der Waals surface area contributed by atoms with Crippen molar-refractivity contribution in [3.05, 3.63) is 53.6 Å². The number of halogens is 1. The summed E-state index contributed by atoms with van der Waals surface area (Å²) in [5.74, 6) is 0. The Morgan fingerprint density at radius 2 is 2.00 bits per heavy atom. The summed E-state index contributed by atoms with van der Waals surface area (Å²) >= 11 is 5.93. The zero-order chi connectivity index (χ0) is 13.9. The minimum absolute atomic E-state index is 0.000333. The molecule has 4 heteroatoms. The summed E-state index contributed by atoms with van der Waals surface area (Å²) in [5.41, 5.74) is 7.19. The standard InChI is InChI=1S/C15H20ClN3/c1-15(2,10-17)14(19-8-7-18-11-19)9-12-3-5-13(16)6-4-12/h3-8,11,14H,9-10,17H2,1-2H3. The predicted molar refractivity (Wildman–Crippen MR) is 79.3 cm³/mol. The van der Waals surface area contributed by atoms with Crippen molar-refractivity contribution in [2.75, 3.05) is 6.54 Å². The molecular weight excluding hydrogens is 258 g/mol. The molecule has 2 N–H and O–H groups in total. The second-order valence-electron chi connectivity index (χ2n) is 5.55. The molecule has 3 nitrogen and oxygen atoms in total. The molecular formula is C15H20ClN3. The normalized spacial score (nSPS) is 13.5. The SMILES string of the molecule is CC(C)(CN)C(Cc1ccc(Cl)cc1)n1ccnc1. The number of aromatic nitrogens is 2. The van der Waals surface area contributed by atoms with Gasteiger partial charge in [0.15, 0.2) is 0 Å². The van der Waals surface area contributed by atoms with Gasteiger partial charge in [0.25, 0.3) is 0 Å². The molecule has 0 bridgehead atoms. The lowest BCUT2D eigenvalue weighted by atomic mass is 9.81. The molecule has 0 amide bonds. The Labute approximate surface area is 119 Å². The van der Waals surface area contributed by atoms with Crippen LogP contribution in [0.25, 0.3) is 0 Å². The lowest BCUT2D eigenvalue weighted by Crippen LogP contribution is -2.35. The summed E-state index contributed by atoms with van der Waals surface area (Å²) in [5, 5.41) is 0.765. The molecule has 0 aliphatic carbocycles. The first-order valence-electron chi connectivity index (χ1n) is 6.45. The highest BCUT2D eigenvalue weighted by atomic mass is 35.5. The lowest BCUT2D eigenvalue weighted by Gasteiger charge is -2.34. The number of imidazole rings is 1. The Hall–Kier alpha value is -1.32. The highest BCUT2D eigenvalue weighted by molar-refractivity contribution is 6.30. The molecule has 0 spiro atoms. The first-order valence-corrected chi connectivity index (χ1v) is 6.82. The van der Waals surface area contributed by atoms with E-state index in [2.05, 4.69) is 35.5 Å². The number of hydrogen-bond donors (Lipinski definition) is 1. The monoisotopic (exact) mass is 277 g/mol. The molecule has 1 heterocycles. The largest absolute Gasteiger partial charge is 0.334 e. The molecule has 0 radical (unpaired) electrons. The maximum Gasteiger partial charge on any atom is 0.0948 e. The first kappa shape index (κ1) is 14.1. The molecule has 1 aromatic heterocycles. The highest BCUT2D eigenvalue weighted by Gasteiger charge is 2.29. The van der Waals surface area contributed by atoms with E-state index in [0.29, 0.717) is 6.54 Å². The van der Waals surface area contributed by atoms with Crippen LogP contribution in [0, 0.1) is 5.41 Å². The van der Waals surface area contributed by atoms with Crippen molar-refractivity contribution in [1.82, 2.24) is 9.55 Å². The van der Waals surface area contributed by atoms with Crippen LogP contribution >= 0.6 is 11.6 Å². The highest BCUT2D eigenvalue weighted by Crippen LogP contribution is 2.33. The third-order valence-corrected chi connectivity index (χ3v) is 3.91. The molecule has 0 aliphatic heterocycles. The van der Waals surface area contributed by atoms with Crippen molar-refractivity contribution in [3.8, 4) is 0 Å². The summed E-state index contributed by atoms with van der Waals surface area (Å²) in [7, 11) is 0. The Balaban J connectivity index is 2.26. The summed E-state index contributed by atoms with van der Waals surface area (Å²) in [6.45, 7) is 5.00. The number of hydrogen-bond acceptors (Lipinski definition) is 2. The lowest BCUT2D eigenvalue weighted by molar-refractivity contribution is 0.222. The molecule has 0 aliphatic rings. The van der Waals surface area contributed by atoms with Crippen molar-refractivity contribution < 1.29 is 0 Å². The van der Waals surface area contributed by atoms with Gasteiger partial charge in [0.1, 0.15) is 0 Å². The molecule has 2 rings (SSSR count). The second kappa shape index (κ2) is 5.76. The molecule has 2 aromatic rings. The van der Waals surface area contributed by atoms with E-state index in [-0.39, 0.29) is 11.5 Å². The van der Waals surface area contributed by atoms with Crippen LogP contribution in [0.1, 0.15) is 25.5 Å². The summed E-state index contributed by atoms with van der Waals surface area (Å²) < 4.78 is 2.14. The van der Waals surface area contributed by atoms with E-state index in [9.17, 15) is 0 Å². The minimum atomic E-state index is 0.000333. The van der Waals surface area contributed by atoms with Gasteiger partial charge < -0.3 is 10.3 Å². The van der Waals surface area contributed by atoms with Crippen LogP contribution in [0.3, 0.4) is 0 Å². The van der Waals surface area contributed by atoms with Gasteiger partial charge in [-0.15, -0.1) is 0 Å². The van der Waals surface area contributed by atoms with Crippen LogP contribution in [0.4, 0.5) is 0 Å². The second-order valence-corrected chi connectivity index (χ2v) is 5.99. The van der Waals surface area contributed by atoms with Crippen molar-refractivity contribution in [3.63, 3.8) is 0 Å². The number of rotatable bonds is 5. The van der Waals surface area contributed by atoms with E-state index in [0.717, 1.165) is 11.4 Å². The van der Waals surface area contributed by atoms with Crippen LogP contribution in [0.5, 0.6) is 0 Å². The van der Waals surface area contributed by atoms with Crippen LogP contribution < -0.4 is 5.73 Å². The number of nitrogens with zero attached hydrogens (tertiary/aromatic N) is 2. The van der Waals surface area contributed by atoms with Crippen LogP contribution in [0.15, 0.2) is 43.0 Å². The van der Waals surface area contributed by atoms with Crippen molar-refractivity contribution >= 4 is 11.6 Å². The van der Waals surface area contributed by atoms with Crippen LogP contribution in [-0.4, -0.2) is 16.1 Å². The maximum absolute atomic E-state index is 5.94. The van der Waals surface area contributed by atoms with E-state index in [1.807, 2.05) is 30.9 Å². The van der Waals surface area contributed by atoms with Crippen LogP contribution in [0.2, 0.25) is 5.02 Å². The van der Waals surface area contributed by atoms with E-state index >= 15 is 0 Å². The fourth-order valence-electron chi connectivity index (χ4n) is 2.22. The third-order valence-electron chi connectivity index (χ3n) is 3.66. The summed E-state index contributed by atoms with van der Waals surface area (Å²) in [4.78, 5) is 4.15. The fraction of sp³-hybridized carbons (Fsp3) is 0.400.